The van der Waals surface area contributed by atoms with Crippen LogP contribution in [0.1, 0.15) is 10.5 Å². The maximum absolute atomic E-state index is 13.7. The highest BCUT2D eigenvalue weighted by molar-refractivity contribution is 6.02. The topological polar surface area (TPSA) is 56.1 Å². The van der Waals surface area contributed by atoms with Gasteiger partial charge in [0, 0.05) is 18.0 Å². The van der Waals surface area contributed by atoms with Crippen molar-refractivity contribution in [3.8, 4) is 11.4 Å². The van der Waals surface area contributed by atoms with Crippen molar-refractivity contribution in [3.63, 3.8) is 0 Å². The third kappa shape index (κ3) is 3.97. The van der Waals surface area contributed by atoms with E-state index in [1.165, 1.54) is 16.8 Å². The number of nitrogens with zero attached hydrogens (tertiary/aromatic N) is 2. The van der Waals surface area contributed by atoms with Crippen molar-refractivity contribution in [2.75, 3.05) is 5.32 Å². The molecule has 3 rings (SSSR count). The molecule has 0 spiro atoms. The number of rotatable bonds is 5. The SMILES string of the molecule is O=C(Nc1ccc(OC(F)F)c(F)c1)c1ccn(-c2ccccc2)n1. The van der Waals surface area contributed by atoms with Crippen molar-refractivity contribution in [2.45, 2.75) is 6.61 Å². The number of aromatic nitrogens is 2. The first-order chi connectivity index (χ1) is 12.0. The van der Waals surface area contributed by atoms with Gasteiger partial charge in [-0.2, -0.15) is 13.9 Å². The minimum atomic E-state index is -3.13. The molecule has 1 amide bonds. The van der Waals surface area contributed by atoms with Crippen LogP contribution < -0.4 is 10.1 Å². The zero-order valence-corrected chi connectivity index (χ0v) is 12.7. The molecule has 3 aromatic rings. The van der Waals surface area contributed by atoms with Gasteiger partial charge in [0.05, 0.1) is 5.69 Å². The molecule has 0 aliphatic rings. The Kier molecular flexibility index (Phi) is 4.69. The summed E-state index contributed by atoms with van der Waals surface area (Å²) in [7, 11) is 0. The number of para-hydroxylation sites is 1. The molecule has 128 valence electrons. The maximum atomic E-state index is 13.7. The van der Waals surface area contributed by atoms with Crippen LogP contribution in [0.4, 0.5) is 18.9 Å². The number of anilines is 1. The maximum Gasteiger partial charge on any atom is 0.387 e. The molecular weight excluding hydrogens is 335 g/mol. The van der Waals surface area contributed by atoms with E-state index in [2.05, 4.69) is 15.2 Å². The highest BCUT2D eigenvalue weighted by Gasteiger charge is 2.14. The van der Waals surface area contributed by atoms with Crippen LogP contribution in [0.2, 0.25) is 0 Å². The summed E-state index contributed by atoms with van der Waals surface area (Å²) in [5.41, 5.74) is 0.997. The van der Waals surface area contributed by atoms with Gasteiger partial charge in [-0.05, 0) is 30.3 Å². The highest BCUT2D eigenvalue weighted by Crippen LogP contribution is 2.23. The molecule has 0 aliphatic heterocycles. The van der Waals surface area contributed by atoms with Gasteiger partial charge in [-0.3, -0.25) is 4.79 Å². The molecule has 8 heteroatoms. The van der Waals surface area contributed by atoms with E-state index in [1.807, 2.05) is 30.3 Å². The van der Waals surface area contributed by atoms with Crippen LogP contribution in [0.3, 0.4) is 0 Å². The van der Waals surface area contributed by atoms with Crippen molar-refractivity contribution >= 4 is 11.6 Å². The fourth-order valence-corrected chi connectivity index (χ4v) is 2.13. The van der Waals surface area contributed by atoms with Gasteiger partial charge in [-0.15, -0.1) is 0 Å². The summed E-state index contributed by atoms with van der Waals surface area (Å²) in [5.74, 6) is -2.16. The summed E-state index contributed by atoms with van der Waals surface area (Å²) < 4.78 is 43.4. The standard InChI is InChI=1S/C17H12F3N3O2/c18-13-10-11(6-7-15(13)25-17(19)20)21-16(24)14-8-9-23(22-14)12-4-2-1-3-5-12/h1-10,17H,(H,21,24). The van der Waals surface area contributed by atoms with Crippen LogP contribution in [-0.2, 0) is 0 Å². The largest absolute Gasteiger partial charge is 0.432 e. The monoisotopic (exact) mass is 347 g/mol. The average molecular weight is 347 g/mol. The summed E-state index contributed by atoms with van der Waals surface area (Å²) in [5, 5.41) is 6.59. The number of carbonyl (C=O) groups is 1. The zero-order chi connectivity index (χ0) is 17.8. The van der Waals surface area contributed by atoms with Gasteiger partial charge in [0.25, 0.3) is 5.91 Å². The number of carbonyl (C=O) groups excluding carboxylic acids is 1. The lowest BCUT2D eigenvalue weighted by atomic mass is 10.2. The van der Waals surface area contributed by atoms with E-state index < -0.39 is 24.1 Å². The number of ether oxygens (including phenoxy) is 1. The number of hydrogen-bond donors (Lipinski definition) is 1. The fraction of sp³-hybridized carbons (Fsp3) is 0.0588. The van der Waals surface area contributed by atoms with E-state index in [1.54, 1.807) is 6.20 Å². The van der Waals surface area contributed by atoms with Crippen LogP contribution in [0, 0.1) is 5.82 Å². The molecule has 1 N–H and O–H groups in total. The summed E-state index contributed by atoms with van der Waals surface area (Å²) >= 11 is 0. The van der Waals surface area contributed by atoms with Crippen molar-refractivity contribution in [2.24, 2.45) is 0 Å². The van der Waals surface area contributed by atoms with E-state index in [4.69, 9.17) is 0 Å². The lowest BCUT2D eigenvalue weighted by Crippen LogP contribution is -2.13. The van der Waals surface area contributed by atoms with Crippen LogP contribution in [0.15, 0.2) is 60.8 Å². The summed E-state index contributed by atoms with van der Waals surface area (Å²) in [6.45, 7) is -3.13. The lowest BCUT2D eigenvalue weighted by molar-refractivity contribution is -0.0521. The molecular formula is C17H12F3N3O2. The summed E-state index contributed by atoms with van der Waals surface area (Å²) in [6.07, 6.45) is 1.62. The minimum Gasteiger partial charge on any atom is -0.432 e. The van der Waals surface area contributed by atoms with Crippen LogP contribution >= 0.6 is 0 Å². The van der Waals surface area contributed by atoms with Gasteiger partial charge in [-0.25, -0.2) is 9.07 Å². The molecule has 0 fully saturated rings. The molecule has 2 aromatic carbocycles. The predicted octanol–water partition coefficient (Wildman–Crippen LogP) is 3.87. The van der Waals surface area contributed by atoms with Gasteiger partial charge < -0.3 is 10.1 Å². The average Bonchev–Trinajstić information content (AvgIpc) is 3.08. The molecule has 0 saturated carbocycles. The first kappa shape index (κ1) is 16.6. The molecule has 0 unspecified atom stereocenters. The van der Waals surface area contributed by atoms with Gasteiger partial charge in [-0.1, -0.05) is 18.2 Å². The summed E-state index contributed by atoms with van der Waals surface area (Å²) in [6, 6.07) is 13.8. The van der Waals surface area contributed by atoms with Gasteiger partial charge >= 0.3 is 6.61 Å². The number of nitrogens with one attached hydrogen (secondary N) is 1. The molecule has 1 heterocycles. The minimum absolute atomic E-state index is 0.0957. The normalized spacial score (nSPS) is 10.7. The van der Waals surface area contributed by atoms with E-state index in [0.717, 1.165) is 17.8 Å². The summed E-state index contributed by atoms with van der Waals surface area (Å²) in [4.78, 5) is 12.2. The first-order valence-corrected chi connectivity index (χ1v) is 7.20. The fourth-order valence-electron chi connectivity index (χ4n) is 2.13. The molecule has 25 heavy (non-hydrogen) atoms. The quantitative estimate of drug-likeness (QED) is 0.762. The number of amides is 1. The Balaban J connectivity index is 1.72. The third-order valence-corrected chi connectivity index (χ3v) is 3.25. The molecule has 5 nitrogen and oxygen atoms in total. The van der Waals surface area contributed by atoms with Crippen LogP contribution in [0.5, 0.6) is 5.75 Å². The zero-order valence-electron chi connectivity index (χ0n) is 12.7. The van der Waals surface area contributed by atoms with E-state index >= 15 is 0 Å². The Bertz CT molecular complexity index is 882. The second-order valence-electron chi connectivity index (χ2n) is 4.96. The van der Waals surface area contributed by atoms with Crippen LogP contribution in [0.25, 0.3) is 5.69 Å². The molecule has 0 bridgehead atoms. The molecule has 1 aromatic heterocycles. The highest BCUT2D eigenvalue weighted by atomic mass is 19.3. The van der Waals surface area contributed by atoms with Gasteiger partial charge in [0.15, 0.2) is 17.3 Å². The molecule has 0 aliphatic carbocycles. The van der Waals surface area contributed by atoms with Gasteiger partial charge in [0.2, 0.25) is 0 Å². The second-order valence-corrected chi connectivity index (χ2v) is 4.96. The van der Waals surface area contributed by atoms with Crippen molar-refractivity contribution in [1.82, 2.24) is 9.78 Å². The van der Waals surface area contributed by atoms with Gasteiger partial charge in [0.1, 0.15) is 0 Å². The number of alkyl halides is 2. The Hall–Kier alpha value is -3.29. The number of hydrogen-bond acceptors (Lipinski definition) is 3. The smallest absolute Gasteiger partial charge is 0.387 e. The number of halogens is 3. The Morgan fingerprint density at radius 2 is 1.88 bits per heavy atom. The Labute approximate surface area is 140 Å². The van der Waals surface area contributed by atoms with E-state index in [9.17, 15) is 18.0 Å². The van der Waals surface area contributed by atoms with Crippen molar-refractivity contribution < 1.29 is 22.7 Å². The van der Waals surface area contributed by atoms with Crippen molar-refractivity contribution in [3.05, 3.63) is 72.3 Å². The predicted molar refractivity (Wildman–Crippen MR) is 84.5 cm³/mol. The van der Waals surface area contributed by atoms with E-state index in [-0.39, 0.29) is 11.4 Å². The number of benzene rings is 2. The molecule has 0 radical (unpaired) electrons. The Morgan fingerprint density at radius 3 is 2.56 bits per heavy atom. The molecule has 0 atom stereocenters. The van der Waals surface area contributed by atoms with E-state index in [0.29, 0.717) is 0 Å². The first-order valence-electron chi connectivity index (χ1n) is 7.20. The Morgan fingerprint density at radius 1 is 1.12 bits per heavy atom. The molecule has 0 saturated heterocycles. The van der Waals surface area contributed by atoms with Crippen molar-refractivity contribution in [1.29, 1.82) is 0 Å². The second kappa shape index (κ2) is 7.08. The third-order valence-electron chi connectivity index (χ3n) is 3.25. The lowest BCUT2D eigenvalue weighted by Gasteiger charge is -2.08. The van der Waals surface area contributed by atoms with Crippen LogP contribution in [-0.4, -0.2) is 22.3 Å².